The van der Waals surface area contributed by atoms with Crippen LogP contribution in [0.4, 0.5) is 5.69 Å². The fraction of sp³-hybridized carbons (Fsp3) is 0.364. The molecule has 1 N–H and O–H groups in total. The number of anilines is 1. The van der Waals surface area contributed by atoms with Crippen molar-refractivity contribution in [2.45, 2.75) is 0 Å². The monoisotopic (exact) mass is 247 g/mol. The normalized spacial score (nSPS) is 15.1. The van der Waals surface area contributed by atoms with Crippen molar-refractivity contribution in [1.29, 1.82) is 0 Å². The third kappa shape index (κ3) is 2.78. The first kappa shape index (κ1) is 14.4. The average Bonchev–Trinajstić information content (AvgIpc) is 2.18. The summed E-state index contributed by atoms with van der Waals surface area (Å²) in [5.41, 5.74) is 0.694. The molecule has 0 amide bonds. The fourth-order valence-corrected chi connectivity index (χ4v) is 2.13. The van der Waals surface area contributed by atoms with Gasteiger partial charge in [-0.15, -0.1) is 0 Å². The Morgan fingerprint density at radius 1 is 1.53 bits per heavy atom. The van der Waals surface area contributed by atoms with E-state index in [9.17, 15) is 9.90 Å². The second-order valence-electron chi connectivity index (χ2n) is 3.88. The number of hydrogen-bond acceptors (Lipinski definition) is 4. The van der Waals surface area contributed by atoms with Crippen LogP contribution in [0.5, 0.6) is 0 Å². The van der Waals surface area contributed by atoms with Gasteiger partial charge < -0.3 is 19.9 Å². The summed E-state index contributed by atoms with van der Waals surface area (Å²) in [6.45, 7) is 1.55. The molecule has 0 bridgehead atoms. The van der Waals surface area contributed by atoms with Gasteiger partial charge in [0.15, 0.2) is 0 Å². The zero-order valence-electron chi connectivity index (χ0n) is 9.52. The number of carboxylic acids is 1. The van der Waals surface area contributed by atoms with Crippen LogP contribution in [-0.2, 0) is 0 Å². The first-order valence-electron chi connectivity index (χ1n) is 4.99. The van der Waals surface area contributed by atoms with Crippen LogP contribution in [0.25, 0.3) is 0 Å². The summed E-state index contributed by atoms with van der Waals surface area (Å²) in [7, 11) is 0. The predicted molar refractivity (Wildman–Crippen MR) is 58.6 cm³/mol. The van der Waals surface area contributed by atoms with Gasteiger partial charge in [-0.2, -0.15) is 0 Å². The molecule has 17 heavy (non-hydrogen) atoms. The van der Waals surface area contributed by atoms with Gasteiger partial charge in [0.2, 0.25) is 0 Å². The van der Waals surface area contributed by atoms with Crippen molar-refractivity contribution >= 4 is 23.3 Å². The van der Waals surface area contributed by atoms with Gasteiger partial charge in [0, 0.05) is 31.2 Å². The van der Waals surface area contributed by atoms with Crippen LogP contribution in [0.3, 0.4) is 0 Å². The Kier molecular flexibility index (Phi) is 4.90. The van der Waals surface area contributed by atoms with Gasteiger partial charge in [-0.05, 0) is 6.07 Å². The molecule has 1 heterocycles. The molecule has 1 aromatic carbocycles. The van der Waals surface area contributed by atoms with Crippen LogP contribution >= 0.6 is 11.6 Å². The van der Waals surface area contributed by atoms with Crippen molar-refractivity contribution in [3.8, 4) is 0 Å². The maximum Gasteiger partial charge on any atom is 1.00 e. The van der Waals surface area contributed by atoms with E-state index in [4.69, 9.17) is 16.7 Å². The van der Waals surface area contributed by atoms with E-state index in [-0.39, 0.29) is 42.0 Å². The van der Waals surface area contributed by atoms with Crippen molar-refractivity contribution in [3.63, 3.8) is 0 Å². The third-order valence-corrected chi connectivity index (χ3v) is 3.15. The maximum absolute atomic E-state index is 10.8. The molecule has 1 aliphatic rings. The molecule has 4 nitrogen and oxygen atoms in total. The van der Waals surface area contributed by atoms with E-state index in [1.54, 1.807) is 12.1 Å². The molecule has 0 atom stereocenters. The third-order valence-electron chi connectivity index (χ3n) is 2.75. The van der Waals surface area contributed by atoms with E-state index >= 15 is 0 Å². The zero-order valence-corrected chi connectivity index (χ0v) is 10.3. The molecule has 0 spiro atoms. The van der Waals surface area contributed by atoms with Gasteiger partial charge in [-0.25, -0.2) is 0 Å². The van der Waals surface area contributed by atoms with E-state index in [0.29, 0.717) is 18.8 Å². The Morgan fingerprint density at radius 2 is 2.18 bits per heavy atom. The smallest absolute Gasteiger partial charge is 0.545 e. The van der Waals surface area contributed by atoms with E-state index in [0.717, 1.165) is 0 Å². The Bertz CT molecular complexity index is 421. The number of nitrogens with zero attached hydrogens (tertiary/aromatic N) is 1. The van der Waals surface area contributed by atoms with Gasteiger partial charge in [0.1, 0.15) is 0 Å². The largest absolute Gasteiger partial charge is 1.00 e. The van der Waals surface area contributed by atoms with Crippen molar-refractivity contribution in [3.05, 3.63) is 28.8 Å². The van der Waals surface area contributed by atoms with Gasteiger partial charge in [0.25, 0.3) is 0 Å². The van der Waals surface area contributed by atoms with Crippen LogP contribution in [0.1, 0.15) is 10.4 Å². The quantitative estimate of drug-likeness (QED) is 0.584. The molecule has 0 saturated carbocycles. The van der Waals surface area contributed by atoms with E-state index in [1.807, 2.05) is 4.90 Å². The number of carbonyl (C=O) groups excluding carboxylic acids is 1. The molecule has 1 fully saturated rings. The number of aromatic carboxylic acids is 1. The van der Waals surface area contributed by atoms with Gasteiger partial charge in [-0.3, -0.25) is 0 Å². The minimum Gasteiger partial charge on any atom is -0.545 e. The minimum atomic E-state index is -1.27. The Morgan fingerprint density at radius 3 is 2.71 bits per heavy atom. The Balaban J connectivity index is 0.00000144. The average molecular weight is 248 g/mol. The summed E-state index contributed by atoms with van der Waals surface area (Å²) >= 11 is 5.98. The summed E-state index contributed by atoms with van der Waals surface area (Å²) < 4.78 is 0. The Hall–Kier alpha value is -0.663. The first-order chi connectivity index (χ1) is 7.63. The molecule has 1 saturated heterocycles. The molecular formula is C11H11ClLiNO3. The van der Waals surface area contributed by atoms with Gasteiger partial charge in [0.05, 0.1) is 16.7 Å². The molecular weight excluding hydrogens is 237 g/mol. The number of aliphatic hydroxyl groups excluding tert-OH is 1. The maximum atomic E-state index is 10.8. The number of benzene rings is 1. The van der Waals surface area contributed by atoms with Gasteiger partial charge >= 0.3 is 18.9 Å². The topological polar surface area (TPSA) is 63.6 Å². The number of aliphatic hydroxyl groups is 1. The van der Waals surface area contributed by atoms with Crippen molar-refractivity contribution < 1.29 is 33.9 Å². The van der Waals surface area contributed by atoms with E-state index in [1.165, 1.54) is 6.07 Å². The molecule has 2 rings (SSSR count). The molecule has 1 aromatic rings. The molecule has 0 unspecified atom stereocenters. The second-order valence-corrected chi connectivity index (χ2v) is 4.26. The van der Waals surface area contributed by atoms with Crippen molar-refractivity contribution in [1.82, 2.24) is 0 Å². The summed E-state index contributed by atoms with van der Waals surface area (Å²) in [5.74, 6) is -1.02. The summed E-state index contributed by atoms with van der Waals surface area (Å²) in [5, 5.41) is 19.9. The minimum absolute atomic E-state index is 0. The van der Waals surface area contributed by atoms with Crippen molar-refractivity contribution in [2.24, 2.45) is 5.92 Å². The standard InChI is InChI=1S/C11H12ClNO3.Li/c12-10-8(11(15)16)2-1-3-9(10)13-4-7(5-13)6-14;/h1-3,7,14H,4-6H2,(H,15,16);/q;+1/p-1. The van der Waals surface area contributed by atoms with E-state index < -0.39 is 5.97 Å². The summed E-state index contributed by atoms with van der Waals surface area (Å²) in [6, 6.07) is 4.82. The summed E-state index contributed by atoms with van der Waals surface area (Å²) in [6.07, 6.45) is 0. The van der Waals surface area contributed by atoms with Gasteiger partial charge in [-0.1, -0.05) is 23.7 Å². The fourth-order valence-electron chi connectivity index (χ4n) is 1.80. The van der Waals surface area contributed by atoms with Crippen molar-refractivity contribution in [2.75, 3.05) is 24.6 Å². The van der Waals surface area contributed by atoms with Crippen LogP contribution in [-0.4, -0.2) is 30.8 Å². The SMILES string of the molecule is O=C([O-])c1cccc(N2CC(CO)C2)c1Cl.[Li+]. The molecule has 0 radical (unpaired) electrons. The second kappa shape index (κ2) is 5.79. The van der Waals surface area contributed by atoms with Crippen LogP contribution < -0.4 is 28.9 Å². The molecule has 0 aromatic heterocycles. The molecule has 0 aliphatic carbocycles. The molecule has 86 valence electrons. The van der Waals surface area contributed by atoms with Crippen LogP contribution in [0, 0.1) is 5.92 Å². The summed E-state index contributed by atoms with van der Waals surface area (Å²) in [4.78, 5) is 12.7. The number of halogens is 1. The number of hydrogen-bond donors (Lipinski definition) is 1. The predicted octanol–water partition coefficient (Wildman–Crippen LogP) is -2.86. The van der Waals surface area contributed by atoms with E-state index in [2.05, 4.69) is 0 Å². The number of carbonyl (C=O) groups is 1. The first-order valence-corrected chi connectivity index (χ1v) is 5.37. The van der Waals surface area contributed by atoms with Crippen LogP contribution in [0.15, 0.2) is 18.2 Å². The molecule has 1 aliphatic heterocycles. The number of carboxylic acid groups (broad SMARTS) is 1. The Labute approximate surface area is 116 Å². The number of rotatable bonds is 3. The molecule has 6 heteroatoms. The van der Waals surface area contributed by atoms with Crippen LogP contribution in [0.2, 0.25) is 5.02 Å². The zero-order chi connectivity index (χ0) is 11.7.